The molecule has 0 aliphatic carbocycles. The van der Waals surface area contributed by atoms with Crippen molar-refractivity contribution in [3.8, 4) is 0 Å². The highest BCUT2D eigenvalue weighted by Gasteiger charge is 2.17. The van der Waals surface area contributed by atoms with E-state index in [1.165, 1.54) is 37.4 Å². The Morgan fingerprint density at radius 1 is 1.12 bits per heavy atom. The Morgan fingerprint density at radius 3 is 2.53 bits per heavy atom. The van der Waals surface area contributed by atoms with Gasteiger partial charge in [-0.3, -0.25) is 4.79 Å². The number of hydrogen-bond acceptors (Lipinski definition) is 4. The molecule has 1 amide bonds. The summed E-state index contributed by atoms with van der Waals surface area (Å²) in [6, 6.07) is 0. The lowest BCUT2D eigenvalue weighted by molar-refractivity contribution is -0.129. The van der Waals surface area contributed by atoms with Crippen LogP contribution in [0.4, 0.5) is 0 Å². The maximum Gasteiger partial charge on any atom is 0.236 e. The fourth-order valence-electron chi connectivity index (χ4n) is 2.34. The van der Waals surface area contributed by atoms with Crippen LogP contribution in [-0.4, -0.2) is 73.0 Å². The van der Waals surface area contributed by atoms with Crippen molar-refractivity contribution in [3.05, 3.63) is 0 Å². The molecule has 0 unspecified atom stereocenters. The highest BCUT2D eigenvalue weighted by molar-refractivity contribution is 7.99. The van der Waals surface area contributed by atoms with Crippen LogP contribution in [0, 0.1) is 0 Å². The summed E-state index contributed by atoms with van der Waals surface area (Å²) in [7, 11) is 0. The molecule has 0 aromatic carbocycles. The van der Waals surface area contributed by atoms with Crippen molar-refractivity contribution in [2.45, 2.75) is 12.8 Å². The molecule has 2 heterocycles. The fourth-order valence-corrected chi connectivity index (χ4v) is 3.31. The lowest BCUT2D eigenvalue weighted by atomic mass is 10.4. The van der Waals surface area contributed by atoms with Crippen LogP contribution in [0.2, 0.25) is 0 Å². The van der Waals surface area contributed by atoms with Crippen molar-refractivity contribution < 1.29 is 4.79 Å². The monoisotopic (exact) mass is 257 g/mol. The van der Waals surface area contributed by atoms with Gasteiger partial charge in [0.1, 0.15) is 0 Å². The van der Waals surface area contributed by atoms with Crippen LogP contribution < -0.4 is 5.32 Å². The van der Waals surface area contributed by atoms with Crippen molar-refractivity contribution in [2.75, 3.05) is 57.3 Å². The van der Waals surface area contributed by atoms with E-state index in [9.17, 15) is 4.79 Å². The lowest BCUT2D eigenvalue weighted by Gasteiger charge is -2.26. The topological polar surface area (TPSA) is 35.6 Å². The predicted molar refractivity (Wildman–Crippen MR) is 72.4 cm³/mol. The molecule has 1 N–H and O–H groups in total. The Bertz CT molecular complexity index is 238. The van der Waals surface area contributed by atoms with Crippen molar-refractivity contribution in [1.29, 1.82) is 0 Å². The van der Waals surface area contributed by atoms with Crippen LogP contribution in [0.1, 0.15) is 12.8 Å². The van der Waals surface area contributed by atoms with Gasteiger partial charge in [0.05, 0.1) is 6.54 Å². The van der Waals surface area contributed by atoms with Gasteiger partial charge < -0.3 is 15.1 Å². The van der Waals surface area contributed by atoms with Gasteiger partial charge in [-0.05, 0) is 12.8 Å². The van der Waals surface area contributed by atoms with E-state index >= 15 is 0 Å². The summed E-state index contributed by atoms with van der Waals surface area (Å²) in [6.07, 6.45) is 2.36. The van der Waals surface area contributed by atoms with Crippen LogP contribution in [0.3, 0.4) is 0 Å². The SMILES string of the molecule is O=C(CNCCN1CCSCC1)N1CCCC1. The zero-order chi connectivity index (χ0) is 11.9. The molecule has 17 heavy (non-hydrogen) atoms. The van der Waals surface area contributed by atoms with Crippen molar-refractivity contribution in [3.63, 3.8) is 0 Å². The molecule has 0 saturated carbocycles. The minimum atomic E-state index is 0.275. The second-order valence-corrected chi connectivity index (χ2v) is 5.94. The summed E-state index contributed by atoms with van der Waals surface area (Å²) in [5.41, 5.74) is 0. The molecule has 0 atom stereocenters. The van der Waals surface area contributed by atoms with Crippen LogP contribution in [0.5, 0.6) is 0 Å². The molecule has 4 nitrogen and oxygen atoms in total. The summed E-state index contributed by atoms with van der Waals surface area (Å²) < 4.78 is 0. The first kappa shape index (κ1) is 13.2. The average Bonchev–Trinajstić information content (AvgIpc) is 2.89. The van der Waals surface area contributed by atoms with Gasteiger partial charge in [-0.25, -0.2) is 0 Å². The molecule has 0 spiro atoms. The van der Waals surface area contributed by atoms with E-state index in [1.807, 2.05) is 16.7 Å². The Hall–Kier alpha value is -0.260. The number of carbonyl (C=O) groups excluding carboxylic acids is 1. The van der Waals surface area contributed by atoms with E-state index < -0.39 is 0 Å². The molecule has 5 heteroatoms. The standard InChI is InChI=1S/C12H23N3OS/c16-12(15-4-1-2-5-15)11-13-3-6-14-7-9-17-10-8-14/h13H,1-11H2. The number of likely N-dealkylation sites (tertiary alicyclic amines) is 1. The molecule has 0 radical (unpaired) electrons. The Balaban J connectivity index is 1.51. The number of thioether (sulfide) groups is 1. The van der Waals surface area contributed by atoms with E-state index in [-0.39, 0.29) is 5.91 Å². The van der Waals surface area contributed by atoms with E-state index in [2.05, 4.69) is 10.2 Å². The van der Waals surface area contributed by atoms with Gasteiger partial charge in [0.2, 0.25) is 5.91 Å². The number of carbonyl (C=O) groups is 1. The van der Waals surface area contributed by atoms with Gasteiger partial charge in [-0.2, -0.15) is 11.8 Å². The summed E-state index contributed by atoms with van der Waals surface area (Å²) in [4.78, 5) is 16.2. The lowest BCUT2D eigenvalue weighted by Crippen LogP contribution is -2.41. The molecule has 0 aromatic rings. The van der Waals surface area contributed by atoms with Crippen LogP contribution >= 0.6 is 11.8 Å². The molecule has 2 saturated heterocycles. The first-order valence-corrected chi connectivity index (χ1v) is 7.80. The third-order valence-corrected chi connectivity index (χ3v) is 4.39. The smallest absolute Gasteiger partial charge is 0.236 e. The van der Waals surface area contributed by atoms with Crippen molar-refractivity contribution in [1.82, 2.24) is 15.1 Å². The average molecular weight is 257 g/mol. The van der Waals surface area contributed by atoms with E-state index in [1.54, 1.807) is 0 Å². The third kappa shape index (κ3) is 4.48. The van der Waals surface area contributed by atoms with Gasteiger partial charge in [-0.15, -0.1) is 0 Å². The summed E-state index contributed by atoms with van der Waals surface area (Å²) in [6.45, 7) is 6.85. The van der Waals surface area contributed by atoms with E-state index in [0.29, 0.717) is 6.54 Å². The van der Waals surface area contributed by atoms with Crippen LogP contribution in [0.25, 0.3) is 0 Å². The molecular formula is C12H23N3OS. The number of nitrogens with one attached hydrogen (secondary N) is 1. The number of hydrogen-bond donors (Lipinski definition) is 1. The van der Waals surface area contributed by atoms with E-state index in [0.717, 1.165) is 26.2 Å². The predicted octanol–water partition coefficient (Wildman–Crippen LogP) is 0.247. The quantitative estimate of drug-likeness (QED) is 0.716. The van der Waals surface area contributed by atoms with Crippen LogP contribution in [-0.2, 0) is 4.79 Å². The van der Waals surface area contributed by atoms with Crippen LogP contribution in [0.15, 0.2) is 0 Å². The first-order valence-electron chi connectivity index (χ1n) is 6.65. The largest absolute Gasteiger partial charge is 0.342 e. The van der Waals surface area contributed by atoms with Gasteiger partial charge in [-0.1, -0.05) is 0 Å². The highest BCUT2D eigenvalue weighted by Crippen LogP contribution is 2.08. The van der Waals surface area contributed by atoms with E-state index in [4.69, 9.17) is 0 Å². The molecule has 2 rings (SSSR count). The fraction of sp³-hybridized carbons (Fsp3) is 0.917. The molecule has 2 fully saturated rings. The molecule has 2 aliphatic rings. The Labute approximate surface area is 108 Å². The second-order valence-electron chi connectivity index (χ2n) is 4.72. The maximum atomic E-state index is 11.7. The zero-order valence-corrected chi connectivity index (χ0v) is 11.3. The summed E-state index contributed by atoms with van der Waals surface area (Å²) >= 11 is 2.04. The third-order valence-electron chi connectivity index (χ3n) is 3.44. The second kappa shape index (κ2) is 7.24. The Kier molecular flexibility index (Phi) is 5.61. The normalized spacial score (nSPS) is 22.0. The number of nitrogens with zero attached hydrogens (tertiary/aromatic N) is 2. The summed E-state index contributed by atoms with van der Waals surface area (Å²) in [5, 5.41) is 3.27. The Morgan fingerprint density at radius 2 is 1.82 bits per heavy atom. The van der Waals surface area contributed by atoms with Crippen molar-refractivity contribution in [2.24, 2.45) is 0 Å². The number of rotatable bonds is 5. The number of amides is 1. The minimum Gasteiger partial charge on any atom is -0.342 e. The molecule has 2 aliphatic heterocycles. The first-order chi connectivity index (χ1) is 8.36. The molecule has 98 valence electrons. The minimum absolute atomic E-state index is 0.275. The zero-order valence-electron chi connectivity index (χ0n) is 10.5. The maximum absolute atomic E-state index is 11.7. The molecule has 0 bridgehead atoms. The van der Waals surface area contributed by atoms with Gasteiger partial charge in [0, 0.05) is 50.8 Å². The van der Waals surface area contributed by atoms with Gasteiger partial charge in [0.25, 0.3) is 0 Å². The van der Waals surface area contributed by atoms with Crippen molar-refractivity contribution >= 4 is 17.7 Å². The molecular weight excluding hydrogens is 234 g/mol. The van der Waals surface area contributed by atoms with Gasteiger partial charge >= 0.3 is 0 Å². The highest BCUT2D eigenvalue weighted by atomic mass is 32.2. The summed E-state index contributed by atoms with van der Waals surface area (Å²) in [5.74, 6) is 2.79. The van der Waals surface area contributed by atoms with Gasteiger partial charge in [0.15, 0.2) is 0 Å². The molecule has 0 aromatic heterocycles.